The van der Waals surface area contributed by atoms with Crippen molar-refractivity contribution in [2.45, 2.75) is 25.9 Å². The second-order valence-corrected chi connectivity index (χ2v) is 6.10. The van der Waals surface area contributed by atoms with Crippen molar-refractivity contribution < 1.29 is 5.11 Å². The lowest BCUT2D eigenvalue weighted by molar-refractivity contribution is 0.133. The zero-order valence-electron chi connectivity index (χ0n) is 11.0. The molecule has 3 N–H and O–H groups in total. The van der Waals surface area contributed by atoms with E-state index in [1.807, 2.05) is 19.1 Å². The highest BCUT2D eigenvalue weighted by Crippen LogP contribution is 2.40. The van der Waals surface area contributed by atoms with Crippen molar-refractivity contribution in [3.63, 3.8) is 0 Å². The van der Waals surface area contributed by atoms with E-state index in [1.54, 1.807) is 0 Å². The molecule has 0 radical (unpaired) electrons. The highest BCUT2D eigenvalue weighted by atomic mass is 32.1. The molecule has 2 heterocycles. The first kappa shape index (κ1) is 12.8. The van der Waals surface area contributed by atoms with Gasteiger partial charge in [0, 0.05) is 24.7 Å². The fourth-order valence-corrected chi connectivity index (χ4v) is 3.55. The maximum Gasteiger partial charge on any atom is 0.139 e. The molecule has 0 bridgehead atoms. The molecule has 0 spiro atoms. The predicted molar refractivity (Wildman–Crippen MR) is 79.3 cm³/mol. The number of pyridine rings is 1. The van der Waals surface area contributed by atoms with Crippen LogP contribution in [0.4, 0.5) is 5.82 Å². The van der Waals surface area contributed by atoms with Gasteiger partial charge in [-0.05, 0) is 37.8 Å². The molecule has 3 unspecified atom stereocenters. The summed E-state index contributed by atoms with van der Waals surface area (Å²) in [5.74, 6) is 1.84. The Kier molecular flexibility index (Phi) is 3.19. The Bertz CT molecular complexity index is 519. The molecule has 1 aliphatic carbocycles. The first-order chi connectivity index (χ1) is 9.06. The molecule has 3 rings (SSSR count). The van der Waals surface area contributed by atoms with Crippen LogP contribution in [0.2, 0.25) is 0 Å². The van der Waals surface area contributed by atoms with Gasteiger partial charge in [-0.25, -0.2) is 4.98 Å². The predicted octanol–water partition coefficient (Wildman–Crippen LogP) is 1.23. The molecule has 1 saturated carbocycles. The van der Waals surface area contributed by atoms with Crippen molar-refractivity contribution in [3.05, 3.63) is 23.4 Å². The summed E-state index contributed by atoms with van der Waals surface area (Å²) < 4.78 is 0. The highest BCUT2D eigenvalue weighted by molar-refractivity contribution is 7.80. The molecule has 0 aromatic carbocycles. The number of hydrogen-bond acceptors (Lipinski definition) is 4. The Morgan fingerprint density at radius 2 is 2.21 bits per heavy atom. The number of hydrogen-bond donors (Lipinski definition) is 2. The number of aliphatic hydroxyl groups excluding tert-OH is 1. The first-order valence-corrected chi connectivity index (χ1v) is 7.17. The zero-order valence-corrected chi connectivity index (χ0v) is 11.9. The normalized spacial score (nSPS) is 29.6. The molecule has 1 saturated heterocycles. The van der Waals surface area contributed by atoms with E-state index in [4.69, 9.17) is 18.0 Å². The summed E-state index contributed by atoms with van der Waals surface area (Å²) in [6, 6.07) is 3.88. The van der Waals surface area contributed by atoms with Gasteiger partial charge >= 0.3 is 0 Å². The van der Waals surface area contributed by atoms with Crippen LogP contribution in [0.3, 0.4) is 0 Å². The number of anilines is 1. The van der Waals surface area contributed by atoms with E-state index in [2.05, 4.69) is 9.88 Å². The summed E-state index contributed by atoms with van der Waals surface area (Å²) in [5.41, 5.74) is 7.60. The van der Waals surface area contributed by atoms with E-state index in [9.17, 15) is 5.11 Å². The summed E-state index contributed by atoms with van der Waals surface area (Å²) >= 11 is 5.11. The van der Waals surface area contributed by atoms with Crippen molar-refractivity contribution in [2.24, 2.45) is 17.6 Å². The molecule has 5 heteroatoms. The van der Waals surface area contributed by atoms with Crippen LogP contribution < -0.4 is 10.6 Å². The van der Waals surface area contributed by atoms with E-state index >= 15 is 0 Å². The van der Waals surface area contributed by atoms with Crippen molar-refractivity contribution in [2.75, 3.05) is 18.0 Å². The molecule has 4 nitrogen and oxygen atoms in total. The molecule has 2 fully saturated rings. The lowest BCUT2D eigenvalue weighted by Crippen LogP contribution is -2.28. The number of thiocarbonyl (C=S) groups is 1. The fourth-order valence-electron chi connectivity index (χ4n) is 3.39. The van der Waals surface area contributed by atoms with Gasteiger partial charge in [-0.15, -0.1) is 0 Å². The van der Waals surface area contributed by atoms with Crippen molar-refractivity contribution in [1.82, 2.24) is 4.98 Å². The maximum atomic E-state index is 10.00. The van der Waals surface area contributed by atoms with Crippen molar-refractivity contribution in [1.29, 1.82) is 0 Å². The lowest BCUT2D eigenvalue weighted by atomic mass is 10.00. The van der Waals surface area contributed by atoms with E-state index < -0.39 is 0 Å². The van der Waals surface area contributed by atoms with E-state index in [0.717, 1.165) is 43.0 Å². The van der Waals surface area contributed by atoms with Crippen molar-refractivity contribution >= 4 is 23.0 Å². The molecule has 1 aromatic heterocycles. The Morgan fingerprint density at radius 1 is 1.42 bits per heavy atom. The number of rotatable bonds is 2. The minimum atomic E-state index is -0.159. The second-order valence-electron chi connectivity index (χ2n) is 5.66. The van der Waals surface area contributed by atoms with Crippen LogP contribution in [0.25, 0.3) is 0 Å². The molecule has 102 valence electrons. The van der Waals surface area contributed by atoms with Crippen LogP contribution in [0.15, 0.2) is 12.1 Å². The van der Waals surface area contributed by atoms with Gasteiger partial charge in [0.15, 0.2) is 0 Å². The highest BCUT2D eigenvalue weighted by Gasteiger charge is 2.42. The minimum absolute atomic E-state index is 0.159. The average molecular weight is 277 g/mol. The Hall–Kier alpha value is -1.20. The van der Waals surface area contributed by atoms with E-state index in [1.165, 1.54) is 0 Å². The van der Waals surface area contributed by atoms with E-state index in [0.29, 0.717) is 16.8 Å². The van der Waals surface area contributed by atoms with Crippen LogP contribution in [0.5, 0.6) is 0 Å². The number of aryl methyl sites for hydroxylation is 1. The third-order valence-electron chi connectivity index (χ3n) is 4.40. The van der Waals surface area contributed by atoms with Crippen LogP contribution in [-0.4, -0.2) is 34.3 Å². The molecule has 1 aromatic rings. The number of nitrogens with two attached hydrogens (primary N) is 1. The third-order valence-corrected chi connectivity index (χ3v) is 4.62. The molecule has 2 aliphatic rings. The van der Waals surface area contributed by atoms with Gasteiger partial charge in [0.2, 0.25) is 0 Å². The Morgan fingerprint density at radius 3 is 2.89 bits per heavy atom. The third kappa shape index (κ3) is 2.21. The van der Waals surface area contributed by atoms with Gasteiger partial charge in [-0.3, -0.25) is 0 Å². The number of fused-ring (bicyclic) bond motifs is 1. The Balaban J connectivity index is 1.91. The largest absolute Gasteiger partial charge is 0.393 e. The maximum absolute atomic E-state index is 10.00. The molecule has 3 atom stereocenters. The van der Waals surface area contributed by atoms with Gasteiger partial charge in [-0.2, -0.15) is 0 Å². The molecular formula is C14H19N3OS. The molecule has 0 amide bonds. The van der Waals surface area contributed by atoms with E-state index in [-0.39, 0.29) is 6.10 Å². The lowest BCUT2D eigenvalue weighted by Gasteiger charge is -2.22. The number of aromatic nitrogens is 1. The van der Waals surface area contributed by atoms with Crippen LogP contribution in [0, 0.1) is 18.8 Å². The van der Waals surface area contributed by atoms with Crippen LogP contribution in [0.1, 0.15) is 24.1 Å². The summed E-state index contributed by atoms with van der Waals surface area (Å²) in [4.78, 5) is 7.23. The molecular weight excluding hydrogens is 258 g/mol. The first-order valence-electron chi connectivity index (χ1n) is 6.76. The van der Waals surface area contributed by atoms with Gasteiger partial charge in [0.25, 0.3) is 0 Å². The summed E-state index contributed by atoms with van der Waals surface area (Å²) in [6.45, 7) is 3.78. The summed E-state index contributed by atoms with van der Waals surface area (Å²) in [6.07, 6.45) is 1.89. The van der Waals surface area contributed by atoms with Gasteiger partial charge in [0.05, 0.1) is 11.7 Å². The Labute approximate surface area is 118 Å². The SMILES string of the molecule is Cc1ccc(C(N)=S)c(N2CC3CCC(O)C3C2)n1. The van der Waals surface area contributed by atoms with Crippen molar-refractivity contribution in [3.8, 4) is 0 Å². The fraction of sp³-hybridized carbons (Fsp3) is 0.571. The second kappa shape index (κ2) is 4.72. The smallest absolute Gasteiger partial charge is 0.139 e. The quantitative estimate of drug-likeness (QED) is 0.796. The van der Waals surface area contributed by atoms with Crippen LogP contribution in [-0.2, 0) is 0 Å². The van der Waals surface area contributed by atoms with Crippen LogP contribution >= 0.6 is 12.2 Å². The standard InChI is InChI=1S/C14H19N3OS/c1-8-2-4-10(13(15)19)14(16-8)17-6-9-3-5-12(18)11(9)7-17/h2,4,9,11-12,18H,3,5-7H2,1H3,(H2,15,19). The summed E-state index contributed by atoms with van der Waals surface area (Å²) in [7, 11) is 0. The van der Waals surface area contributed by atoms with Gasteiger partial charge in [-0.1, -0.05) is 12.2 Å². The zero-order chi connectivity index (χ0) is 13.6. The molecule has 19 heavy (non-hydrogen) atoms. The van der Waals surface area contributed by atoms with Gasteiger partial charge in [0.1, 0.15) is 10.8 Å². The topological polar surface area (TPSA) is 62.4 Å². The summed E-state index contributed by atoms with van der Waals surface area (Å²) in [5, 5.41) is 10.00. The average Bonchev–Trinajstić information content (AvgIpc) is 2.91. The monoisotopic (exact) mass is 277 g/mol. The minimum Gasteiger partial charge on any atom is -0.393 e. The number of aliphatic hydroxyl groups is 1. The molecule has 1 aliphatic heterocycles. The number of nitrogens with zero attached hydrogens (tertiary/aromatic N) is 2. The van der Waals surface area contributed by atoms with Gasteiger partial charge < -0.3 is 15.7 Å².